The molecule has 0 amide bonds. The van der Waals surface area contributed by atoms with Crippen LogP contribution in [0, 0.1) is 10.1 Å². The van der Waals surface area contributed by atoms with Crippen LogP contribution in [0.1, 0.15) is 0 Å². The van der Waals surface area contributed by atoms with Gasteiger partial charge in [-0.2, -0.15) is 0 Å². The monoisotopic (exact) mass is 183 g/mol. The quantitative estimate of drug-likeness (QED) is 0.559. The molecule has 0 radical (unpaired) electrons. The molecule has 0 saturated carbocycles. The second-order valence-electron chi connectivity index (χ2n) is 2.25. The molecule has 0 spiro atoms. The molecule has 0 atom stereocenters. The predicted octanol–water partition coefficient (Wildman–Crippen LogP) is 1.04. The van der Waals surface area contributed by atoms with Crippen molar-refractivity contribution < 1.29 is 9.66 Å². The SMILES string of the molecule is CNc1cc(OC)ncc1[N+](=O)[O-]. The minimum Gasteiger partial charge on any atom is -0.481 e. The van der Waals surface area contributed by atoms with Crippen LogP contribution in [0.3, 0.4) is 0 Å². The topological polar surface area (TPSA) is 77.3 Å². The van der Waals surface area contributed by atoms with Crippen molar-refractivity contribution in [1.29, 1.82) is 0 Å². The second kappa shape index (κ2) is 3.70. The first-order valence-corrected chi connectivity index (χ1v) is 3.55. The van der Waals surface area contributed by atoms with Gasteiger partial charge in [0.05, 0.1) is 12.0 Å². The first-order valence-electron chi connectivity index (χ1n) is 3.55. The molecule has 0 unspecified atom stereocenters. The average Bonchev–Trinajstić information content (AvgIpc) is 2.16. The maximum absolute atomic E-state index is 10.5. The lowest BCUT2D eigenvalue weighted by Crippen LogP contribution is -1.98. The second-order valence-corrected chi connectivity index (χ2v) is 2.25. The number of pyridine rings is 1. The molecule has 6 heteroatoms. The summed E-state index contributed by atoms with van der Waals surface area (Å²) in [5.41, 5.74) is 0.320. The van der Waals surface area contributed by atoms with E-state index in [-0.39, 0.29) is 5.69 Å². The third-order valence-electron chi connectivity index (χ3n) is 1.53. The Labute approximate surface area is 74.7 Å². The Hall–Kier alpha value is -1.85. The Bertz CT molecular complexity index is 327. The molecule has 1 aromatic rings. The van der Waals surface area contributed by atoms with Gasteiger partial charge in [0, 0.05) is 13.1 Å². The van der Waals surface area contributed by atoms with Gasteiger partial charge in [-0.25, -0.2) is 4.98 Å². The van der Waals surface area contributed by atoms with Crippen molar-refractivity contribution in [2.45, 2.75) is 0 Å². The number of nitro groups is 1. The lowest BCUT2D eigenvalue weighted by molar-refractivity contribution is -0.384. The summed E-state index contributed by atoms with van der Waals surface area (Å²) in [6, 6.07) is 1.47. The Morgan fingerprint density at radius 1 is 1.69 bits per heavy atom. The minimum absolute atomic E-state index is 0.0664. The van der Waals surface area contributed by atoms with Crippen molar-refractivity contribution in [2.24, 2.45) is 0 Å². The molecular weight excluding hydrogens is 174 g/mol. The highest BCUT2D eigenvalue weighted by atomic mass is 16.6. The molecule has 70 valence electrons. The van der Waals surface area contributed by atoms with Gasteiger partial charge in [-0.15, -0.1) is 0 Å². The van der Waals surface area contributed by atoms with Crippen LogP contribution in [-0.2, 0) is 0 Å². The largest absolute Gasteiger partial charge is 0.481 e. The zero-order valence-electron chi connectivity index (χ0n) is 7.27. The van der Waals surface area contributed by atoms with Crippen LogP contribution < -0.4 is 10.1 Å². The summed E-state index contributed by atoms with van der Waals surface area (Å²) in [4.78, 5) is 13.7. The number of methoxy groups -OCH3 is 1. The summed E-state index contributed by atoms with van der Waals surface area (Å²) in [7, 11) is 3.05. The highest BCUT2D eigenvalue weighted by Crippen LogP contribution is 2.25. The number of rotatable bonds is 3. The zero-order valence-corrected chi connectivity index (χ0v) is 7.27. The Morgan fingerprint density at radius 3 is 2.85 bits per heavy atom. The minimum atomic E-state index is -0.502. The van der Waals surface area contributed by atoms with E-state index in [0.717, 1.165) is 6.20 Å². The molecule has 0 bridgehead atoms. The van der Waals surface area contributed by atoms with E-state index in [1.54, 1.807) is 7.05 Å². The molecule has 1 heterocycles. The van der Waals surface area contributed by atoms with Gasteiger partial charge in [0.15, 0.2) is 0 Å². The molecule has 1 aromatic heterocycles. The van der Waals surface area contributed by atoms with E-state index in [0.29, 0.717) is 11.6 Å². The van der Waals surface area contributed by atoms with E-state index in [1.165, 1.54) is 13.2 Å². The van der Waals surface area contributed by atoms with Gasteiger partial charge < -0.3 is 10.1 Å². The number of hydrogen-bond donors (Lipinski definition) is 1. The fourth-order valence-corrected chi connectivity index (χ4v) is 0.886. The van der Waals surface area contributed by atoms with E-state index in [1.807, 2.05) is 0 Å². The molecule has 0 aliphatic heterocycles. The molecule has 0 aliphatic rings. The predicted molar refractivity (Wildman–Crippen MR) is 47.0 cm³/mol. The van der Waals surface area contributed by atoms with Gasteiger partial charge in [0.1, 0.15) is 11.9 Å². The molecule has 0 aromatic carbocycles. The van der Waals surface area contributed by atoms with Gasteiger partial charge in [0.25, 0.3) is 0 Å². The molecule has 0 aliphatic carbocycles. The van der Waals surface area contributed by atoms with E-state index in [9.17, 15) is 10.1 Å². The third kappa shape index (κ3) is 1.84. The standard InChI is InChI=1S/C7H9N3O3/c1-8-5-3-7(13-2)9-4-6(5)10(11)12/h3-4H,1-2H3,(H,8,9). The molecule has 0 fully saturated rings. The van der Waals surface area contributed by atoms with Gasteiger partial charge >= 0.3 is 5.69 Å². The van der Waals surface area contributed by atoms with Crippen molar-refractivity contribution in [2.75, 3.05) is 19.5 Å². The van der Waals surface area contributed by atoms with Crippen LogP contribution in [0.4, 0.5) is 11.4 Å². The van der Waals surface area contributed by atoms with Crippen molar-refractivity contribution >= 4 is 11.4 Å². The van der Waals surface area contributed by atoms with Crippen LogP contribution in [-0.4, -0.2) is 24.1 Å². The van der Waals surface area contributed by atoms with Gasteiger partial charge in [0.2, 0.25) is 5.88 Å². The average molecular weight is 183 g/mol. The third-order valence-corrected chi connectivity index (χ3v) is 1.53. The van der Waals surface area contributed by atoms with Crippen LogP contribution in [0.5, 0.6) is 5.88 Å². The van der Waals surface area contributed by atoms with Crippen molar-refractivity contribution in [1.82, 2.24) is 4.98 Å². The molecule has 1 rings (SSSR count). The van der Waals surface area contributed by atoms with Crippen LogP contribution in [0.2, 0.25) is 0 Å². The molecule has 1 N–H and O–H groups in total. The molecule has 6 nitrogen and oxygen atoms in total. The van der Waals surface area contributed by atoms with E-state index < -0.39 is 4.92 Å². The number of nitrogens with zero attached hydrogens (tertiary/aromatic N) is 2. The lowest BCUT2D eigenvalue weighted by atomic mass is 10.3. The lowest BCUT2D eigenvalue weighted by Gasteiger charge is -2.03. The van der Waals surface area contributed by atoms with Crippen molar-refractivity contribution in [3.63, 3.8) is 0 Å². The van der Waals surface area contributed by atoms with Crippen LogP contribution >= 0.6 is 0 Å². The van der Waals surface area contributed by atoms with E-state index in [4.69, 9.17) is 4.74 Å². The van der Waals surface area contributed by atoms with Gasteiger partial charge in [-0.05, 0) is 0 Å². The van der Waals surface area contributed by atoms with Crippen LogP contribution in [0.25, 0.3) is 0 Å². The normalized spacial score (nSPS) is 9.38. The number of ether oxygens (including phenoxy) is 1. The fraction of sp³-hybridized carbons (Fsp3) is 0.286. The van der Waals surface area contributed by atoms with E-state index >= 15 is 0 Å². The summed E-state index contributed by atoms with van der Waals surface area (Å²) in [6.45, 7) is 0. The first-order chi connectivity index (χ1) is 6.19. The number of nitrogens with one attached hydrogen (secondary N) is 1. The molecule has 0 saturated heterocycles. The van der Waals surface area contributed by atoms with Crippen LogP contribution in [0.15, 0.2) is 12.3 Å². The fourth-order valence-electron chi connectivity index (χ4n) is 0.886. The highest BCUT2D eigenvalue weighted by Gasteiger charge is 2.13. The Morgan fingerprint density at radius 2 is 2.38 bits per heavy atom. The smallest absolute Gasteiger partial charge is 0.310 e. The number of hydrogen-bond acceptors (Lipinski definition) is 5. The Kier molecular flexibility index (Phi) is 2.63. The summed E-state index contributed by atoms with van der Waals surface area (Å²) < 4.78 is 4.82. The first kappa shape index (κ1) is 9.24. The summed E-state index contributed by atoms with van der Waals surface area (Å²) in [6.07, 6.45) is 1.16. The summed E-state index contributed by atoms with van der Waals surface area (Å²) in [5.74, 6) is 0.343. The Balaban J connectivity index is 3.15. The summed E-state index contributed by atoms with van der Waals surface area (Å²) >= 11 is 0. The molecular formula is C7H9N3O3. The van der Waals surface area contributed by atoms with Crippen molar-refractivity contribution in [3.05, 3.63) is 22.4 Å². The zero-order chi connectivity index (χ0) is 9.84. The molecule has 13 heavy (non-hydrogen) atoms. The highest BCUT2D eigenvalue weighted by molar-refractivity contribution is 5.61. The van der Waals surface area contributed by atoms with Gasteiger partial charge in [-0.3, -0.25) is 10.1 Å². The maximum atomic E-state index is 10.5. The van der Waals surface area contributed by atoms with E-state index in [2.05, 4.69) is 10.3 Å². The summed E-state index contributed by atoms with van der Waals surface area (Å²) in [5, 5.41) is 13.2. The van der Waals surface area contributed by atoms with Crippen molar-refractivity contribution in [3.8, 4) is 5.88 Å². The number of anilines is 1. The number of aromatic nitrogens is 1. The van der Waals surface area contributed by atoms with Gasteiger partial charge in [-0.1, -0.05) is 0 Å². The maximum Gasteiger partial charge on any atom is 0.310 e.